The summed E-state index contributed by atoms with van der Waals surface area (Å²) in [4.78, 5) is 23.5. The number of hydrogen-bond acceptors (Lipinski definition) is 3. The molecule has 120 valence electrons. The molecule has 0 aliphatic heterocycles. The van der Waals surface area contributed by atoms with Crippen LogP contribution in [0.1, 0.15) is 21.5 Å². The predicted molar refractivity (Wildman–Crippen MR) is 89.8 cm³/mol. The summed E-state index contributed by atoms with van der Waals surface area (Å²) in [5.74, 6) is -1.43. The van der Waals surface area contributed by atoms with E-state index >= 15 is 0 Å². The van der Waals surface area contributed by atoms with Crippen LogP contribution in [-0.4, -0.2) is 28.1 Å². The van der Waals surface area contributed by atoms with Crippen LogP contribution >= 0.6 is 15.9 Å². The second-order valence-electron chi connectivity index (χ2n) is 5.07. The van der Waals surface area contributed by atoms with Gasteiger partial charge in [-0.15, -0.1) is 0 Å². The van der Waals surface area contributed by atoms with Gasteiger partial charge >= 0.3 is 5.97 Å². The van der Waals surface area contributed by atoms with E-state index in [1.807, 2.05) is 0 Å². The van der Waals surface area contributed by atoms with Crippen molar-refractivity contribution in [3.05, 3.63) is 65.2 Å². The number of rotatable bonds is 6. The number of benzene rings is 2. The molecular weight excluding hydrogens is 362 g/mol. The Morgan fingerprint density at radius 1 is 1.00 bits per heavy atom. The van der Waals surface area contributed by atoms with Crippen LogP contribution in [0.15, 0.2) is 48.5 Å². The topological polar surface area (TPSA) is 86.6 Å². The number of phenolic OH excluding ortho intramolecular Hbond substituents is 1. The molecule has 1 atom stereocenters. The zero-order chi connectivity index (χ0) is 16.8. The summed E-state index contributed by atoms with van der Waals surface area (Å²) in [6.07, 6.45) is 0.140. The van der Waals surface area contributed by atoms with Crippen molar-refractivity contribution in [1.29, 1.82) is 0 Å². The van der Waals surface area contributed by atoms with Gasteiger partial charge in [-0.05, 0) is 35.4 Å². The van der Waals surface area contributed by atoms with E-state index in [9.17, 15) is 19.8 Å². The summed E-state index contributed by atoms with van der Waals surface area (Å²) >= 11 is 3.32. The number of halogens is 1. The van der Waals surface area contributed by atoms with Crippen LogP contribution in [0.3, 0.4) is 0 Å². The highest BCUT2D eigenvalue weighted by molar-refractivity contribution is 9.08. The fourth-order valence-corrected chi connectivity index (χ4v) is 2.43. The molecule has 0 saturated heterocycles. The lowest BCUT2D eigenvalue weighted by molar-refractivity contribution is -0.139. The number of carboxylic acid groups (broad SMARTS) is 1. The zero-order valence-electron chi connectivity index (χ0n) is 12.2. The van der Waals surface area contributed by atoms with Gasteiger partial charge in [0.05, 0.1) is 0 Å². The van der Waals surface area contributed by atoms with Crippen LogP contribution < -0.4 is 5.32 Å². The van der Waals surface area contributed by atoms with Crippen LogP contribution in [0.2, 0.25) is 0 Å². The lowest BCUT2D eigenvalue weighted by Crippen LogP contribution is -2.42. The number of carboxylic acids is 1. The average Bonchev–Trinajstić information content (AvgIpc) is 2.56. The van der Waals surface area contributed by atoms with E-state index in [4.69, 9.17) is 0 Å². The summed E-state index contributed by atoms with van der Waals surface area (Å²) in [6.45, 7) is 0. The maximum Gasteiger partial charge on any atom is 0.326 e. The summed E-state index contributed by atoms with van der Waals surface area (Å²) < 4.78 is 0. The van der Waals surface area contributed by atoms with Crippen molar-refractivity contribution in [2.75, 3.05) is 0 Å². The normalized spacial score (nSPS) is 11.7. The lowest BCUT2D eigenvalue weighted by Gasteiger charge is -2.15. The molecule has 6 heteroatoms. The molecule has 3 N–H and O–H groups in total. The Bertz CT molecular complexity index is 683. The molecule has 2 rings (SSSR count). The highest BCUT2D eigenvalue weighted by atomic mass is 79.9. The molecule has 0 aliphatic rings. The molecule has 0 fully saturated rings. The van der Waals surface area contributed by atoms with E-state index in [0.29, 0.717) is 16.5 Å². The van der Waals surface area contributed by atoms with E-state index < -0.39 is 17.9 Å². The fourth-order valence-electron chi connectivity index (χ4n) is 2.05. The maximum atomic E-state index is 12.2. The number of aromatic hydroxyl groups is 1. The molecule has 2 aromatic carbocycles. The molecule has 0 saturated carbocycles. The molecule has 2 aromatic rings. The van der Waals surface area contributed by atoms with Crippen LogP contribution in [0, 0.1) is 0 Å². The van der Waals surface area contributed by atoms with Gasteiger partial charge < -0.3 is 15.5 Å². The molecule has 0 radical (unpaired) electrons. The Labute approximate surface area is 142 Å². The van der Waals surface area contributed by atoms with Crippen molar-refractivity contribution in [2.24, 2.45) is 0 Å². The molecule has 0 bridgehead atoms. The number of nitrogens with one attached hydrogen (secondary N) is 1. The summed E-state index contributed by atoms with van der Waals surface area (Å²) in [7, 11) is 0. The van der Waals surface area contributed by atoms with Gasteiger partial charge in [-0.2, -0.15) is 0 Å². The first-order valence-electron chi connectivity index (χ1n) is 6.96. The van der Waals surface area contributed by atoms with Gasteiger partial charge in [0.15, 0.2) is 0 Å². The fraction of sp³-hybridized carbons (Fsp3) is 0.176. The molecule has 0 aromatic heterocycles. The van der Waals surface area contributed by atoms with Gasteiger partial charge in [-0.25, -0.2) is 4.79 Å². The van der Waals surface area contributed by atoms with E-state index in [1.54, 1.807) is 36.4 Å². The summed E-state index contributed by atoms with van der Waals surface area (Å²) in [6, 6.07) is 12.1. The van der Waals surface area contributed by atoms with Crippen molar-refractivity contribution in [3.63, 3.8) is 0 Å². The molecule has 0 unspecified atom stereocenters. The van der Waals surface area contributed by atoms with Crippen LogP contribution in [0.4, 0.5) is 0 Å². The zero-order valence-corrected chi connectivity index (χ0v) is 13.8. The maximum absolute atomic E-state index is 12.2. The minimum atomic E-state index is -1.11. The van der Waals surface area contributed by atoms with Gasteiger partial charge in [0.2, 0.25) is 0 Å². The van der Waals surface area contributed by atoms with Crippen LogP contribution in [-0.2, 0) is 16.5 Å². The average molecular weight is 378 g/mol. The number of hydrogen-bond donors (Lipinski definition) is 3. The molecule has 5 nitrogen and oxygen atoms in total. The Morgan fingerprint density at radius 2 is 1.57 bits per heavy atom. The molecule has 23 heavy (non-hydrogen) atoms. The van der Waals surface area contributed by atoms with Crippen molar-refractivity contribution in [1.82, 2.24) is 5.32 Å². The summed E-state index contributed by atoms with van der Waals surface area (Å²) in [5.41, 5.74) is 2.15. The third-order valence-electron chi connectivity index (χ3n) is 3.35. The highest BCUT2D eigenvalue weighted by Crippen LogP contribution is 2.12. The predicted octanol–water partition coefficient (Wildman–Crippen LogP) is 2.71. The van der Waals surface area contributed by atoms with E-state index in [1.165, 1.54) is 12.1 Å². The van der Waals surface area contributed by atoms with Gasteiger partial charge in [0.1, 0.15) is 11.8 Å². The minimum absolute atomic E-state index is 0.108. The summed E-state index contributed by atoms with van der Waals surface area (Å²) in [5, 5.41) is 21.8. The number of alkyl halides is 1. The first kappa shape index (κ1) is 17.0. The van der Waals surface area contributed by atoms with Crippen molar-refractivity contribution in [3.8, 4) is 5.75 Å². The van der Waals surface area contributed by atoms with Gasteiger partial charge in [0, 0.05) is 17.3 Å². The van der Waals surface area contributed by atoms with E-state index in [-0.39, 0.29) is 12.2 Å². The highest BCUT2D eigenvalue weighted by Gasteiger charge is 2.21. The van der Waals surface area contributed by atoms with Crippen molar-refractivity contribution in [2.45, 2.75) is 17.8 Å². The van der Waals surface area contributed by atoms with Gasteiger partial charge in [-0.3, -0.25) is 4.79 Å². The number of amides is 1. The second-order valence-corrected chi connectivity index (χ2v) is 5.63. The first-order valence-corrected chi connectivity index (χ1v) is 8.08. The molecule has 0 aliphatic carbocycles. The van der Waals surface area contributed by atoms with Crippen LogP contribution in [0.25, 0.3) is 0 Å². The van der Waals surface area contributed by atoms with E-state index in [2.05, 4.69) is 21.2 Å². The Kier molecular flexibility index (Phi) is 5.76. The Balaban J connectivity index is 2.07. The van der Waals surface area contributed by atoms with Gasteiger partial charge in [-0.1, -0.05) is 40.2 Å². The SMILES string of the molecule is O=C(N[C@@H](Cc1ccc(O)cc1)C(=O)O)c1ccc(CBr)cc1. The number of carbonyl (C=O) groups is 2. The van der Waals surface area contributed by atoms with Gasteiger partial charge in [0.25, 0.3) is 5.91 Å². The number of aliphatic carboxylic acids is 1. The van der Waals surface area contributed by atoms with E-state index in [0.717, 1.165) is 5.56 Å². The largest absolute Gasteiger partial charge is 0.508 e. The monoisotopic (exact) mass is 377 g/mol. The quantitative estimate of drug-likeness (QED) is 0.675. The minimum Gasteiger partial charge on any atom is -0.508 e. The molecule has 0 spiro atoms. The number of carbonyl (C=O) groups excluding carboxylic acids is 1. The number of phenols is 1. The molecule has 1 amide bonds. The van der Waals surface area contributed by atoms with Crippen LogP contribution in [0.5, 0.6) is 5.75 Å². The third-order valence-corrected chi connectivity index (χ3v) is 4.00. The molecular formula is C17H16BrNO4. The smallest absolute Gasteiger partial charge is 0.326 e. The molecule has 0 heterocycles. The van der Waals surface area contributed by atoms with Crippen molar-refractivity contribution < 1.29 is 19.8 Å². The third kappa shape index (κ3) is 4.82. The van der Waals surface area contributed by atoms with Crippen molar-refractivity contribution >= 4 is 27.8 Å². The second kappa shape index (κ2) is 7.78. The first-order chi connectivity index (χ1) is 11.0. The Morgan fingerprint density at radius 3 is 2.09 bits per heavy atom. The lowest BCUT2D eigenvalue weighted by atomic mass is 10.0. The standard InChI is InChI=1S/C17H16BrNO4/c18-10-12-1-5-13(6-2-12)16(21)19-15(17(22)23)9-11-3-7-14(20)8-4-11/h1-8,15,20H,9-10H2,(H,19,21)(H,22,23)/t15-/m0/s1. The Hall–Kier alpha value is -2.34.